The van der Waals surface area contributed by atoms with Gasteiger partial charge in [-0.1, -0.05) is 6.10 Å². The van der Waals surface area contributed by atoms with Crippen molar-refractivity contribution in [2.24, 2.45) is 0 Å². The number of ether oxygens (including phenoxy) is 2. The van der Waals surface area contributed by atoms with Crippen molar-refractivity contribution in [1.29, 1.82) is 0 Å². The number of rotatable bonds is 6. The summed E-state index contributed by atoms with van der Waals surface area (Å²) in [5, 5.41) is 11.4. The van der Waals surface area contributed by atoms with E-state index in [4.69, 9.17) is 19.1 Å². The molecule has 0 radical (unpaired) electrons. The van der Waals surface area contributed by atoms with Crippen LogP contribution in [0.4, 0.5) is 5.69 Å². The third kappa shape index (κ3) is 11.1. The van der Waals surface area contributed by atoms with Crippen LogP contribution in [0.2, 0.25) is 0 Å². The molecule has 7 nitrogen and oxygen atoms in total. The normalized spacial score (nSPS) is 11.4. The maximum absolute atomic E-state index is 9.80. The molecule has 0 saturated carbocycles. The van der Waals surface area contributed by atoms with Crippen LogP contribution in [-0.2, 0) is 10.1 Å². The maximum atomic E-state index is 9.80. The molecule has 0 spiro atoms. The van der Waals surface area contributed by atoms with Crippen molar-refractivity contribution in [2.45, 2.75) is 13.0 Å². The fourth-order valence-electron chi connectivity index (χ4n) is 1.38. The molecule has 122 valence electrons. The summed E-state index contributed by atoms with van der Waals surface area (Å²) < 4.78 is 37.8. The second kappa shape index (κ2) is 12.0. The topological polar surface area (TPSA) is 105 Å². The molecule has 0 amide bonds. The standard InChI is InChI=1S/C10H15NO2.C3H7O4S.Na/c1-4-11-9-6-5-8(12-2)7-10(9)13-3;1-3(4)2-8(5,6)7;/h5-7,11H,4H2,1-3H3;3-4H,1-2H2,(H,5,6,7);/q;-1;+1. The van der Waals surface area contributed by atoms with E-state index in [0.717, 1.165) is 23.7 Å². The number of aliphatic hydroxyl groups is 1. The Morgan fingerprint density at radius 2 is 1.91 bits per heavy atom. The van der Waals surface area contributed by atoms with E-state index in [0.29, 0.717) is 0 Å². The van der Waals surface area contributed by atoms with E-state index in [2.05, 4.69) is 12.2 Å². The first-order valence-corrected chi connectivity index (χ1v) is 7.76. The molecule has 0 heterocycles. The predicted molar refractivity (Wildman–Crippen MR) is 81.5 cm³/mol. The molecule has 3 N–H and O–H groups in total. The van der Waals surface area contributed by atoms with Gasteiger partial charge in [0.1, 0.15) is 11.5 Å². The molecule has 1 aromatic carbocycles. The summed E-state index contributed by atoms with van der Waals surface area (Å²) in [7, 11) is -0.747. The van der Waals surface area contributed by atoms with Gasteiger partial charge in [0, 0.05) is 12.6 Å². The van der Waals surface area contributed by atoms with Gasteiger partial charge >= 0.3 is 29.6 Å². The van der Waals surface area contributed by atoms with Crippen molar-refractivity contribution in [3.63, 3.8) is 0 Å². The fourth-order valence-corrected chi connectivity index (χ4v) is 1.86. The number of aliphatic hydroxyl groups excluding tert-OH is 1. The van der Waals surface area contributed by atoms with Gasteiger partial charge in [-0.05, 0) is 19.1 Å². The molecule has 0 fully saturated rings. The van der Waals surface area contributed by atoms with E-state index >= 15 is 0 Å². The molecule has 1 atom stereocenters. The van der Waals surface area contributed by atoms with Crippen LogP contribution in [0.5, 0.6) is 11.5 Å². The Hall–Kier alpha value is -0.510. The first kappa shape index (κ1) is 23.8. The van der Waals surface area contributed by atoms with Gasteiger partial charge in [-0.25, -0.2) is 0 Å². The molecule has 0 saturated heterocycles. The van der Waals surface area contributed by atoms with E-state index in [1.807, 2.05) is 25.1 Å². The molecule has 1 aromatic rings. The van der Waals surface area contributed by atoms with Gasteiger partial charge in [-0.15, -0.1) is 0 Å². The SMILES string of the molecule is CCNc1ccc(OC)cc1OC.[CH2-]C(O)CS(=O)(=O)O.[Na+]. The van der Waals surface area contributed by atoms with Crippen LogP contribution in [0.25, 0.3) is 0 Å². The largest absolute Gasteiger partial charge is 1.00 e. The molecular formula is C13H22NNaO6S. The number of benzene rings is 1. The van der Waals surface area contributed by atoms with E-state index in [-0.39, 0.29) is 29.6 Å². The van der Waals surface area contributed by atoms with Crippen molar-refractivity contribution < 1.29 is 57.1 Å². The first-order valence-electron chi connectivity index (χ1n) is 6.15. The zero-order chi connectivity index (χ0) is 16.5. The Labute approximate surface area is 154 Å². The Kier molecular flexibility index (Phi) is 12.9. The van der Waals surface area contributed by atoms with Gasteiger partial charge in [0.05, 0.1) is 25.7 Å². The summed E-state index contributed by atoms with van der Waals surface area (Å²) >= 11 is 0. The average Bonchev–Trinajstić information content (AvgIpc) is 2.37. The zero-order valence-electron chi connectivity index (χ0n) is 13.4. The van der Waals surface area contributed by atoms with Crippen LogP contribution in [0.1, 0.15) is 6.92 Å². The number of anilines is 1. The summed E-state index contributed by atoms with van der Waals surface area (Å²) in [5.41, 5.74) is 0.991. The van der Waals surface area contributed by atoms with Gasteiger partial charge in [0.25, 0.3) is 10.1 Å². The van der Waals surface area contributed by atoms with Gasteiger partial charge in [-0.2, -0.15) is 8.42 Å². The van der Waals surface area contributed by atoms with Gasteiger partial charge in [0.2, 0.25) is 0 Å². The van der Waals surface area contributed by atoms with Gasteiger partial charge in [0.15, 0.2) is 0 Å². The van der Waals surface area contributed by atoms with Crippen LogP contribution in [0.3, 0.4) is 0 Å². The van der Waals surface area contributed by atoms with E-state index in [9.17, 15) is 8.42 Å². The molecular weight excluding hydrogens is 321 g/mol. The van der Waals surface area contributed by atoms with Crippen molar-refractivity contribution in [3.8, 4) is 11.5 Å². The van der Waals surface area contributed by atoms with E-state index < -0.39 is 22.0 Å². The van der Waals surface area contributed by atoms with Crippen molar-refractivity contribution in [1.82, 2.24) is 0 Å². The molecule has 0 aliphatic heterocycles. The van der Waals surface area contributed by atoms with Crippen LogP contribution in [-0.4, -0.2) is 50.7 Å². The summed E-state index contributed by atoms with van der Waals surface area (Å²) in [5.74, 6) is 0.909. The molecule has 1 unspecified atom stereocenters. The number of methoxy groups -OCH3 is 2. The number of nitrogens with one attached hydrogen (secondary N) is 1. The second-order valence-electron chi connectivity index (χ2n) is 4.00. The summed E-state index contributed by atoms with van der Waals surface area (Å²) in [4.78, 5) is 0. The van der Waals surface area contributed by atoms with Crippen LogP contribution < -0.4 is 44.3 Å². The number of hydrogen-bond acceptors (Lipinski definition) is 6. The molecule has 22 heavy (non-hydrogen) atoms. The monoisotopic (exact) mass is 343 g/mol. The Balaban J connectivity index is 0. The molecule has 0 aliphatic rings. The van der Waals surface area contributed by atoms with Crippen LogP contribution >= 0.6 is 0 Å². The molecule has 1 rings (SSSR count). The molecule has 0 aromatic heterocycles. The third-order valence-electron chi connectivity index (χ3n) is 2.18. The summed E-state index contributed by atoms with van der Waals surface area (Å²) in [6, 6.07) is 5.71. The smallest absolute Gasteiger partial charge is 0.497 e. The van der Waals surface area contributed by atoms with Crippen molar-refractivity contribution in [2.75, 3.05) is 31.8 Å². The Morgan fingerprint density at radius 1 is 1.32 bits per heavy atom. The minimum Gasteiger partial charge on any atom is -0.497 e. The minimum absolute atomic E-state index is 0. The van der Waals surface area contributed by atoms with Crippen LogP contribution in [0.15, 0.2) is 18.2 Å². The second-order valence-corrected chi connectivity index (χ2v) is 5.50. The summed E-state index contributed by atoms with van der Waals surface area (Å²) in [6.07, 6.45) is -1.25. The first-order chi connectivity index (χ1) is 9.73. The minimum atomic E-state index is -4.04. The predicted octanol–water partition coefficient (Wildman–Crippen LogP) is -1.79. The number of hydrogen-bond donors (Lipinski definition) is 3. The van der Waals surface area contributed by atoms with E-state index in [1.54, 1.807) is 14.2 Å². The van der Waals surface area contributed by atoms with Gasteiger partial charge < -0.3 is 26.8 Å². The molecule has 9 heteroatoms. The maximum Gasteiger partial charge on any atom is 1.00 e. The summed E-state index contributed by atoms with van der Waals surface area (Å²) in [6.45, 7) is 5.86. The van der Waals surface area contributed by atoms with E-state index in [1.165, 1.54) is 0 Å². The van der Waals surface area contributed by atoms with Crippen molar-refractivity contribution in [3.05, 3.63) is 25.1 Å². The average molecular weight is 343 g/mol. The molecule has 0 bridgehead atoms. The van der Waals surface area contributed by atoms with Crippen molar-refractivity contribution >= 4 is 15.8 Å². The molecule has 0 aliphatic carbocycles. The Bertz CT molecular complexity index is 521. The fraction of sp³-hybridized carbons (Fsp3) is 0.462. The van der Waals surface area contributed by atoms with Gasteiger partial charge in [-0.3, -0.25) is 4.55 Å². The quantitative estimate of drug-likeness (QED) is 0.318. The third-order valence-corrected chi connectivity index (χ3v) is 2.98. The zero-order valence-corrected chi connectivity index (χ0v) is 16.2. The van der Waals surface area contributed by atoms with Crippen LogP contribution in [0, 0.1) is 6.92 Å². The Morgan fingerprint density at radius 3 is 2.23 bits per heavy atom.